The first-order chi connectivity index (χ1) is 7.74. The summed E-state index contributed by atoms with van der Waals surface area (Å²) in [6.07, 6.45) is 0.603. The number of hydrogen-bond donors (Lipinski definition) is 2. The number of primary amides is 1. The Kier molecular flexibility index (Phi) is 2.55. The van der Waals surface area contributed by atoms with E-state index in [-0.39, 0.29) is 0 Å². The predicted molar refractivity (Wildman–Crippen MR) is 62.2 cm³/mol. The molecule has 0 aliphatic heterocycles. The van der Waals surface area contributed by atoms with Crippen molar-refractivity contribution in [3.63, 3.8) is 0 Å². The average Bonchev–Trinajstić information content (AvgIpc) is 2.29. The van der Waals surface area contributed by atoms with Crippen LogP contribution in [0.25, 0.3) is 10.8 Å². The smallest absolute Gasteiger partial charge is 0.249 e. The largest absolute Gasteiger partial charge is 0.366 e. The lowest BCUT2D eigenvalue weighted by molar-refractivity contribution is -0.105. The molecule has 0 heterocycles. The maximum absolute atomic E-state index is 11.2. The minimum absolute atomic E-state index is 0.451. The highest BCUT2D eigenvalue weighted by Gasteiger charge is 2.07. The lowest BCUT2D eigenvalue weighted by Crippen LogP contribution is -2.11. The van der Waals surface area contributed by atoms with Gasteiger partial charge in [-0.3, -0.25) is 9.59 Å². The summed E-state index contributed by atoms with van der Waals surface area (Å²) < 4.78 is 0. The monoisotopic (exact) mass is 214 g/mol. The molecule has 2 aromatic carbocycles. The van der Waals surface area contributed by atoms with Crippen LogP contribution in [0, 0.1) is 0 Å². The highest BCUT2D eigenvalue weighted by molar-refractivity contribution is 6.10. The van der Waals surface area contributed by atoms with Gasteiger partial charge in [0.05, 0.1) is 0 Å². The molecule has 0 fully saturated rings. The van der Waals surface area contributed by atoms with Crippen molar-refractivity contribution >= 4 is 28.8 Å². The number of carbonyl (C=O) groups excluding carboxylic acids is 2. The number of anilines is 1. The maximum Gasteiger partial charge on any atom is 0.249 e. The van der Waals surface area contributed by atoms with Gasteiger partial charge >= 0.3 is 0 Å². The first-order valence-electron chi connectivity index (χ1n) is 4.76. The van der Waals surface area contributed by atoms with Crippen molar-refractivity contribution in [2.24, 2.45) is 5.73 Å². The minimum Gasteiger partial charge on any atom is -0.366 e. The van der Waals surface area contributed by atoms with Crippen LogP contribution in [0.2, 0.25) is 0 Å². The Morgan fingerprint density at radius 3 is 2.50 bits per heavy atom. The fraction of sp³-hybridized carbons (Fsp3) is 0. The molecule has 0 saturated heterocycles. The molecule has 0 bridgehead atoms. The Morgan fingerprint density at radius 2 is 1.81 bits per heavy atom. The molecule has 4 nitrogen and oxygen atoms in total. The molecule has 80 valence electrons. The van der Waals surface area contributed by atoms with Gasteiger partial charge in [0.15, 0.2) is 0 Å². The van der Waals surface area contributed by atoms with E-state index in [1.807, 2.05) is 6.07 Å². The number of benzene rings is 2. The van der Waals surface area contributed by atoms with Crippen LogP contribution in [0.5, 0.6) is 0 Å². The van der Waals surface area contributed by atoms with Crippen molar-refractivity contribution < 1.29 is 9.59 Å². The van der Waals surface area contributed by atoms with Gasteiger partial charge in [-0.2, -0.15) is 0 Å². The van der Waals surface area contributed by atoms with Crippen molar-refractivity contribution in [1.29, 1.82) is 0 Å². The van der Waals surface area contributed by atoms with Crippen LogP contribution in [-0.2, 0) is 4.79 Å². The molecule has 0 saturated carbocycles. The molecule has 0 aliphatic carbocycles. The van der Waals surface area contributed by atoms with E-state index in [4.69, 9.17) is 5.73 Å². The van der Waals surface area contributed by atoms with E-state index in [1.165, 1.54) is 0 Å². The fourth-order valence-electron chi connectivity index (χ4n) is 1.71. The third-order valence-corrected chi connectivity index (χ3v) is 2.40. The molecule has 0 atom stereocenters. The summed E-state index contributed by atoms with van der Waals surface area (Å²) in [4.78, 5) is 21.7. The second kappa shape index (κ2) is 4.02. The Morgan fingerprint density at radius 1 is 1.12 bits per heavy atom. The van der Waals surface area contributed by atoms with Gasteiger partial charge in [-0.25, -0.2) is 0 Å². The van der Waals surface area contributed by atoms with Crippen LogP contribution in [-0.4, -0.2) is 12.3 Å². The molecule has 2 rings (SSSR count). The van der Waals surface area contributed by atoms with Gasteiger partial charge < -0.3 is 11.1 Å². The Balaban J connectivity index is 2.75. The predicted octanol–water partition coefficient (Wildman–Crippen LogP) is 1.51. The van der Waals surface area contributed by atoms with Crippen LogP contribution in [0.3, 0.4) is 0 Å². The standard InChI is InChI=1S/C12H10N2O2/c13-12(16)10-5-1-4-9-8(10)3-2-6-11(9)14-7-15/h1-7H,(H2,13,16)(H,14,15). The van der Waals surface area contributed by atoms with Gasteiger partial charge in [0.25, 0.3) is 0 Å². The van der Waals surface area contributed by atoms with Crippen LogP contribution in [0.4, 0.5) is 5.69 Å². The molecule has 0 unspecified atom stereocenters. The third kappa shape index (κ3) is 1.61. The number of fused-ring (bicyclic) bond motifs is 1. The van der Waals surface area contributed by atoms with Crippen molar-refractivity contribution in [2.45, 2.75) is 0 Å². The lowest BCUT2D eigenvalue weighted by Gasteiger charge is -2.07. The summed E-state index contributed by atoms with van der Waals surface area (Å²) in [7, 11) is 0. The van der Waals surface area contributed by atoms with Crippen molar-refractivity contribution in [2.75, 3.05) is 5.32 Å². The van der Waals surface area contributed by atoms with Crippen LogP contribution in [0.1, 0.15) is 10.4 Å². The second-order valence-corrected chi connectivity index (χ2v) is 3.33. The Hall–Kier alpha value is -2.36. The van der Waals surface area contributed by atoms with Crippen LogP contribution >= 0.6 is 0 Å². The van der Waals surface area contributed by atoms with Crippen LogP contribution in [0.15, 0.2) is 36.4 Å². The molecule has 0 aliphatic rings. The number of nitrogens with one attached hydrogen (secondary N) is 1. The van der Waals surface area contributed by atoms with Gasteiger partial charge in [0.2, 0.25) is 12.3 Å². The molecule has 3 N–H and O–H groups in total. The minimum atomic E-state index is -0.478. The quantitative estimate of drug-likeness (QED) is 0.760. The normalized spacial score (nSPS) is 10.0. The Bertz CT molecular complexity index is 564. The molecule has 4 heteroatoms. The molecular weight excluding hydrogens is 204 g/mol. The van der Waals surface area contributed by atoms with E-state index >= 15 is 0 Å². The highest BCUT2D eigenvalue weighted by atomic mass is 16.1. The van der Waals surface area contributed by atoms with E-state index in [9.17, 15) is 9.59 Å². The van der Waals surface area contributed by atoms with Gasteiger partial charge in [-0.1, -0.05) is 24.3 Å². The molecular formula is C12H10N2O2. The van der Waals surface area contributed by atoms with E-state index < -0.39 is 5.91 Å². The molecule has 2 amide bonds. The highest BCUT2D eigenvalue weighted by Crippen LogP contribution is 2.25. The zero-order chi connectivity index (χ0) is 11.5. The molecule has 2 aromatic rings. The van der Waals surface area contributed by atoms with Gasteiger partial charge in [-0.15, -0.1) is 0 Å². The SMILES string of the molecule is NC(=O)c1cccc2c(NC=O)cccc12. The first kappa shape index (κ1) is 10.2. The van der Waals surface area contributed by atoms with E-state index in [0.717, 1.165) is 10.8 Å². The summed E-state index contributed by atoms with van der Waals surface area (Å²) in [6, 6.07) is 10.6. The molecule has 16 heavy (non-hydrogen) atoms. The van der Waals surface area contributed by atoms with Crippen molar-refractivity contribution in [3.8, 4) is 0 Å². The first-order valence-corrected chi connectivity index (χ1v) is 4.76. The summed E-state index contributed by atoms with van der Waals surface area (Å²) in [5, 5.41) is 4.12. The molecule has 0 spiro atoms. The third-order valence-electron chi connectivity index (χ3n) is 2.40. The number of hydrogen-bond acceptors (Lipinski definition) is 2. The molecule has 0 radical (unpaired) electrons. The van der Waals surface area contributed by atoms with Gasteiger partial charge in [0.1, 0.15) is 0 Å². The van der Waals surface area contributed by atoms with E-state index in [0.29, 0.717) is 17.7 Å². The zero-order valence-corrected chi connectivity index (χ0v) is 8.44. The fourth-order valence-corrected chi connectivity index (χ4v) is 1.71. The Labute approximate surface area is 92.1 Å². The number of carbonyl (C=O) groups is 2. The van der Waals surface area contributed by atoms with E-state index in [2.05, 4.69) is 5.32 Å². The maximum atomic E-state index is 11.2. The second-order valence-electron chi connectivity index (χ2n) is 3.33. The number of nitrogens with two attached hydrogens (primary N) is 1. The van der Waals surface area contributed by atoms with Crippen LogP contribution < -0.4 is 11.1 Å². The van der Waals surface area contributed by atoms with Crippen molar-refractivity contribution in [3.05, 3.63) is 42.0 Å². The van der Waals surface area contributed by atoms with Gasteiger partial charge in [0, 0.05) is 16.6 Å². The lowest BCUT2D eigenvalue weighted by atomic mass is 10.0. The van der Waals surface area contributed by atoms with Crippen molar-refractivity contribution in [1.82, 2.24) is 0 Å². The summed E-state index contributed by atoms with van der Waals surface area (Å²) in [6.45, 7) is 0. The van der Waals surface area contributed by atoms with E-state index in [1.54, 1.807) is 30.3 Å². The van der Waals surface area contributed by atoms with Gasteiger partial charge in [-0.05, 0) is 17.5 Å². The summed E-state index contributed by atoms with van der Waals surface area (Å²) in [5.41, 5.74) is 6.39. The average molecular weight is 214 g/mol. The number of rotatable bonds is 3. The molecule has 0 aromatic heterocycles. The topological polar surface area (TPSA) is 72.2 Å². The number of amides is 2. The summed E-state index contributed by atoms with van der Waals surface area (Å²) in [5.74, 6) is -0.478. The summed E-state index contributed by atoms with van der Waals surface area (Å²) >= 11 is 0. The zero-order valence-electron chi connectivity index (χ0n) is 8.44.